The molecule has 126 valence electrons. The highest BCUT2D eigenvalue weighted by Crippen LogP contribution is 2.32. The molecule has 0 aromatic heterocycles. The fourth-order valence-corrected chi connectivity index (χ4v) is 2.71. The van der Waals surface area contributed by atoms with E-state index in [2.05, 4.69) is 19.2 Å². The molecule has 1 aliphatic heterocycles. The second-order valence-electron chi connectivity index (χ2n) is 6.37. The predicted molar refractivity (Wildman–Crippen MR) is 93.8 cm³/mol. The molecule has 0 aliphatic carbocycles. The van der Waals surface area contributed by atoms with Gasteiger partial charge in [0.25, 0.3) is 5.91 Å². The molecule has 1 N–H and O–H groups in total. The number of nitrogens with one attached hydrogen (secondary N) is 1. The first-order chi connectivity index (χ1) is 11.5. The van der Waals surface area contributed by atoms with Gasteiger partial charge in [0.2, 0.25) is 0 Å². The normalized spacial score (nSPS) is 14.3. The zero-order valence-electron chi connectivity index (χ0n) is 14.3. The highest BCUT2D eigenvalue weighted by atomic mass is 16.6. The average Bonchev–Trinajstić information content (AvgIpc) is 2.61. The summed E-state index contributed by atoms with van der Waals surface area (Å²) < 4.78 is 11.1. The number of hydrogen-bond donors (Lipinski definition) is 1. The molecule has 0 saturated carbocycles. The zero-order valence-corrected chi connectivity index (χ0v) is 14.3. The fraction of sp³-hybridized carbons (Fsp3) is 0.350. The molecule has 1 heterocycles. The Labute approximate surface area is 142 Å². The summed E-state index contributed by atoms with van der Waals surface area (Å²) in [5, 5.41) is 3.03. The zero-order chi connectivity index (χ0) is 17.1. The molecule has 0 radical (unpaired) electrons. The molecule has 2 aromatic carbocycles. The summed E-state index contributed by atoms with van der Waals surface area (Å²) in [6.45, 7) is 7.37. The molecular weight excluding hydrogens is 302 g/mol. The van der Waals surface area contributed by atoms with Gasteiger partial charge in [-0.1, -0.05) is 32.0 Å². The molecule has 1 aliphatic rings. The minimum absolute atomic E-state index is 0.0762. The van der Waals surface area contributed by atoms with Crippen LogP contribution in [0.15, 0.2) is 42.5 Å². The lowest BCUT2D eigenvalue weighted by atomic mass is 10.0. The van der Waals surface area contributed by atoms with Gasteiger partial charge in [-0.05, 0) is 48.2 Å². The third-order valence-electron chi connectivity index (χ3n) is 4.25. The van der Waals surface area contributed by atoms with Crippen LogP contribution in [0.1, 0.15) is 54.2 Å². The Morgan fingerprint density at radius 2 is 1.54 bits per heavy atom. The second kappa shape index (κ2) is 6.95. The van der Waals surface area contributed by atoms with Crippen LogP contribution in [0, 0.1) is 0 Å². The van der Waals surface area contributed by atoms with E-state index in [0.29, 0.717) is 24.7 Å². The first-order valence-electron chi connectivity index (χ1n) is 8.35. The van der Waals surface area contributed by atoms with Crippen molar-refractivity contribution in [3.8, 4) is 11.5 Å². The van der Waals surface area contributed by atoms with Crippen molar-refractivity contribution in [1.29, 1.82) is 0 Å². The van der Waals surface area contributed by atoms with Crippen LogP contribution in [0.5, 0.6) is 11.5 Å². The molecule has 4 heteroatoms. The fourth-order valence-electron chi connectivity index (χ4n) is 2.71. The van der Waals surface area contributed by atoms with Crippen molar-refractivity contribution < 1.29 is 14.3 Å². The van der Waals surface area contributed by atoms with Crippen LogP contribution in [-0.2, 0) is 0 Å². The van der Waals surface area contributed by atoms with Crippen molar-refractivity contribution in [1.82, 2.24) is 5.32 Å². The quantitative estimate of drug-likeness (QED) is 0.921. The first-order valence-corrected chi connectivity index (χ1v) is 8.35. The standard InChI is InChI=1S/C20H23NO3/c1-13(2)15-4-6-16(7-5-15)20(22)21-14(3)17-8-9-18-19(12-17)24-11-10-23-18/h4-9,12-14H,10-11H2,1-3H3,(H,21,22). The van der Waals surface area contributed by atoms with Crippen molar-refractivity contribution in [2.24, 2.45) is 0 Å². The smallest absolute Gasteiger partial charge is 0.251 e. The molecule has 0 bridgehead atoms. The molecule has 1 atom stereocenters. The van der Waals surface area contributed by atoms with E-state index in [-0.39, 0.29) is 11.9 Å². The van der Waals surface area contributed by atoms with Gasteiger partial charge in [-0.3, -0.25) is 4.79 Å². The minimum Gasteiger partial charge on any atom is -0.486 e. The van der Waals surface area contributed by atoms with Crippen LogP contribution < -0.4 is 14.8 Å². The van der Waals surface area contributed by atoms with E-state index in [4.69, 9.17) is 9.47 Å². The van der Waals surface area contributed by atoms with E-state index in [1.807, 2.05) is 49.4 Å². The second-order valence-corrected chi connectivity index (χ2v) is 6.37. The highest BCUT2D eigenvalue weighted by molar-refractivity contribution is 5.94. The summed E-state index contributed by atoms with van der Waals surface area (Å²) in [7, 11) is 0. The maximum atomic E-state index is 12.4. The van der Waals surface area contributed by atoms with Gasteiger partial charge in [-0.25, -0.2) is 0 Å². The summed E-state index contributed by atoms with van der Waals surface area (Å²) in [6.07, 6.45) is 0. The van der Waals surface area contributed by atoms with Gasteiger partial charge in [-0.15, -0.1) is 0 Å². The molecule has 0 fully saturated rings. The van der Waals surface area contributed by atoms with Crippen molar-refractivity contribution in [3.05, 3.63) is 59.2 Å². The third kappa shape index (κ3) is 3.53. The number of rotatable bonds is 4. The van der Waals surface area contributed by atoms with Crippen LogP contribution in [0.3, 0.4) is 0 Å². The monoisotopic (exact) mass is 325 g/mol. The molecule has 24 heavy (non-hydrogen) atoms. The molecule has 0 saturated heterocycles. The number of benzene rings is 2. The largest absolute Gasteiger partial charge is 0.486 e. The van der Waals surface area contributed by atoms with Gasteiger partial charge >= 0.3 is 0 Å². The van der Waals surface area contributed by atoms with Gasteiger partial charge in [-0.2, -0.15) is 0 Å². The molecule has 3 rings (SSSR count). The molecule has 4 nitrogen and oxygen atoms in total. The van der Waals surface area contributed by atoms with Gasteiger partial charge in [0.05, 0.1) is 6.04 Å². The van der Waals surface area contributed by atoms with Gasteiger partial charge in [0, 0.05) is 5.56 Å². The summed E-state index contributed by atoms with van der Waals surface area (Å²) in [4.78, 5) is 12.4. The Kier molecular flexibility index (Phi) is 4.74. The molecule has 2 aromatic rings. The lowest BCUT2D eigenvalue weighted by Gasteiger charge is -2.21. The molecule has 1 unspecified atom stereocenters. The first kappa shape index (κ1) is 16.4. The Bertz CT molecular complexity index is 722. The topological polar surface area (TPSA) is 47.6 Å². The maximum Gasteiger partial charge on any atom is 0.251 e. The molecular formula is C20H23NO3. The van der Waals surface area contributed by atoms with Gasteiger partial charge in [0.15, 0.2) is 11.5 Å². The lowest BCUT2D eigenvalue weighted by molar-refractivity contribution is 0.0939. The van der Waals surface area contributed by atoms with Crippen molar-refractivity contribution in [2.45, 2.75) is 32.7 Å². The molecule has 1 amide bonds. The lowest BCUT2D eigenvalue weighted by Crippen LogP contribution is -2.26. The maximum absolute atomic E-state index is 12.4. The SMILES string of the molecule is CC(C)c1ccc(C(=O)NC(C)c2ccc3c(c2)OCCO3)cc1. The number of hydrogen-bond acceptors (Lipinski definition) is 3. The van der Waals surface area contributed by atoms with Crippen LogP contribution in [0.25, 0.3) is 0 Å². The number of fused-ring (bicyclic) bond motifs is 1. The number of amides is 1. The van der Waals surface area contributed by atoms with E-state index in [1.54, 1.807) is 0 Å². The van der Waals surface area contributed by atoms with E-state index in [0.717, 1.165) is 17.1 Å². The van der Waals surface area contributed by atoms with Gasteiger partial charge < -0.3 is 14.8 Å². The number of carbonyl (C=O) groups is 1. The van der Waals surface area contributed by atoms with Crippen LogP contribution in [0.2, 0.25) is 0 Å². The van der Waals surface area contributed by atoms with E-state index in [9.17, 15) is 4.79 Å². The Morgan fingerprint density at radius 1 is 0.917 bits per heavy atom. The number of ether oxygens (including phenoxy) is 2. The summed E-state index contributed by atoms with van der Waals surface area (Å²) in [5.74, 6) is 1.88. The van der Waals surface area contributed by atoms with E-state index < -0.39 is 0 Å². The summed E-state index contributed by atoms with van der Waals surface area (Å²) >= 11 is 0. The average molecular weight is 325 g/mol. The van der Waals surface area contributed by atoms with E-state index >= 15 is 0 Å². The van der Waals surface area contributed by atoms with Crippen LogP contribution in [-0.4, -0.2) is 19.1 Å². The Hall–Kier alpha value is -2.49. The summed E-state index contributed by atoms with van der Waals surface area (Å²) in [5.41, 5.74) is 2.89. The van der Waals surface area contributed by atoms with Crippen molar-refractivity contribution in [3.63, 3.8) is 0 Å². The van der Waals surface area contributed by atoms with Crippen molar-refractivity contribution >= 4 is 5.91 Å². The number of carbonyl (C=O) groups excluding carboxylic acids is 1. The van der Waals surface area contributed by atoms with E-state index in [1.165, 1.54) is 5.56 Å². The predicted octanol–water partition coefficient (Wildman–Crippen LogP) is 4.07. The third-order valence-corrected chi connectivity index (χ3v) is 4.25. The van der Waals surface area contributed by atoms with Crippen molar-refractivity contribution in [2.75, 3.05) is 13.2 Å². The summed E-state index contributed by atoms with van der Waals surface area (Å²) in [6, 6.07) is 13.4. The minimum atomic E-state index is -0.113. The van der Waals surface area contributed by atoms with Crippen LogP contribution in [0.4, 0.5) is 0 Å². The van der Waals surface area contributed by atoms with Crippen LogP contribution >= 0.6 is 0 Å². The van der Waals surface area contributed by atoms with Gasteiger partial charge in [0.1, 0.15) is 13.2 Å². The molecule has 0 spiro atoms. The highest BCUT2D eigenvalue weighted by Gasteiger charge is 2.16. The Morgan fingerprint density at radius 3 is 2.21 bits per heavy atom. The Balaban J connectivity index is 1.69.